The molecule has 146 valence electrons. The number of hydrogen-bond donors (Lipinski definition) is 6. The van der Waals surface area contributed by atoms with Gasteiger partial charge in [-0.2, -0.15) is 24.6 Å². The Bertz CT molecular complexity index is 279. The second kappa shape index (κ2) is 39.3. The fourth-order valence-electron chi connectivity index (χ4n) is 0. The molecule has 6 N–H and O–H groups in total. The SMILES string of the molecule is O=[Si](O)F.O=[Si](O)F.O=[Si](O)F.O=[Si](O)F.O=[Si](O)F.O=[Si](O)F.[H-].[K+]. The number of rotatable bonds is 0. The number of hydrogen-bond acceptors (Lipinski definition) is 6. The molecule has 0 bridgehead atoms. The van der Waals surface area contributed by atoms with Crippen molar-refractivity contribution in [2.45, 2.75) is 0 Å². The summed E-state index contributed by atoms with van der Waals surface area (Å²) in [5.41, 5.74) is 0. The first-order valence-electron chi connectivity index (χ1n) is 3.70. The fraction of sp³-hybridized carbons (Fsp3) is 0. The maximum atomic E-state index is 10.1. The first kappa shape index (κ1) is 44.5. The molecule has 0 spiro atoms. The molecule has 0 fully saturated rings. The Balaban J connectivity index is -0.0000000245. The molecule has 0 aromatic heterocycles. The predicted octanol–water partition coefficient (Wildman–Crippen LogP) is -6.70. The molecule has 0 amide bonds. The minimum Gasteiger partial charge on any atom is -1.00 e. The Kier molecular flexibility index (Phi) is 69.9. The summed E-state index contributed by atoms with van der Waals surface area (Å²) in [4.78, 5) is 41.6. The first-order chi connectivity index (χ1) is 10.4. The van der Waals surface area contributed by atoms with E-state index in [9.17, 15) is 24.6 Å². The van der Waals surface area contributed by atoms with Crippen molar-refractivity contribution >= 4 is 55.6 Å². The summed E-state index contributed by atoms with van der Waals surface area (Å²) in [6.07, 6.45) is 0. The van der Waals surface area contributed by atoms with Crippen molar-refractivity contribution in [2.24, 2.45) is 0 Å². The van der Waals surface area contributed by atoms with E-state index < -0.39 is 55.6 Å². The van der Waals surface area contributed by atoms with Crippen molar-refractivity contribution in [3.05, 3.63) is 0 Å². The molecule has 0 aliphatic rings. The van der Waals surface area contributed by atoms with Gasteiger partial charge in [0.25, 0.3) is 0 Å². The van der Waals surface area contributed by atoms with Gasteiger partial charge in [-0.25, -0.2) is 0 Å². The van der Waals surface area contributed by atoms with E-state index in [1.54, 1.807) is 0 Å². The summed E-state index contributed by atoms with van der Waals surface area (Å²) in [6.45, 7) is 0. The van der Waals surface area contributed by atoms with Gasteiger partial charge in [0.05, 0.1) is 0 Å². The van der Waals surface area contributed by atoms with Crippen molar-refractivity contribution < 1.29 is 133 Å². The maximum absolute atomic E-state index is 10.1. The van der Waals surface area contributed by atoms with Crippen LogP contribution in [0, 0.1) is 0 Å². The Morgan fingerprint density at radius 1 is 0.400 bits per heavy atom. The van der Waals surface area contributed by atoms with Crippen LogP contribution in [0.3, 0.4) is 0 Å². The summed E-state index contributed by atoms with van der Waals surface area (Å²) >= 11 is 0. The fourth-order valence-corrected chi connectivity index (χ4v) is 0. The van der Waals surface area contributed by atoms with E-state index in [0.29, 0.717) is 0 Å². The van der Waals surface area contributed by atoms with E-state index in [-0.39, 0.29) is 52.8 Å². The summed E-state index contributed by atoms with van der Waals surface area (Å²) in [7, 11) is -21.8. The van der Waals surface area contributed by atoms with E-state index in [1.165, 1.54) is 0 Å². The molecule has 25 heavy (non-hydrogen) atoms. The van der Waals surface area contributed by atoms with Gasteiger partial charge in [-0.1, -0.05) is 0 Å². The largest absolute Gasteiger partial charge is 1.00 e. The van der Waals surface area contributed by atoms with Crippen LogP contribution in [0.5, 0.6) is 0 Å². The number of halogens is 6. The van der Waals surface area contributed by atoms with Crippen molar-refractivity contribution in [1.29, 1.82) is 0 Å². The third-order valence-electron chi connectivity index (χ3n) is 0. The average molecular weight is 521 g/mol. The summed E-state index contributed by atoms with van der Waals surface area (Å²) < 4.78 is 112. The predicted molar refractivity (Wildman–Crippen MR) is 59.7 cm³/mol. The third-order valence-corrected chi connectivity index (χ3v) is 0. The van der Waals surface area contributed by atoms with Gasteiger partial charge in [0.15, 0.2) is 0 Å². The molecule has 0 saturated heterocycles. The van der Waals surface area contributed by atoms with Crippen LogP contribution in [-0.4, -0.2) is 84.3 Å². The molecule has 0 aliphatic heterocycles. The molecule has 0 radical (unpaired) electrons. The van der Waals surface area contributed by atoms with E-state index in [1.807, 2.05) is 0 Å². The van der Waals surface area contributed by atoms with Gasteiger partial charge in [0.1, 0.15) is 0 Å². The Hall–Kier alpha value is 0.118. The maximum Gasteiger partial charge on any atom is 1.00 e. The zero-order chi connectivity index (χ0) is 21.5. The normalized spacial score (nSPS) is 6.00. The molecule has 0 aromatic carbocycles. The zero-order valence-corrected chi connectivity index (χ0v) is 20.5. The van der Waals surface area contributed by atoms with E-state index in [2.05, 4.69) is 0 Å². The van der Waals surface area contributed by atoms with E-state index in [0.717, 1.165) is 0 Å². The van der Waals surface area contributed by atoms with Crippen LogP contribution in [0.1, 0.15) is 1.43 Å². The van der Waals surface area contributed by atoms with Crippen LogP contribution in [0.2, 0.25) is 0 Å². The van der Waals surface area contributed by atoms with E-state index in [4.69, 9.17) is 55.5 Å². The van der Waals surface area contributed by atoms with Crippen molar-refractivity contribution in [2.75, 3.05) is 0 Å². The van der Waals surface area contributed by atoms with Crippen molar-refractivity contribution in [3.63, 3.8) is 0 Å². The van der Waals surface area contributed by atoms with Crippen LogP contribution in [0.15, 0.2) is 0 Å². The van der Waals surface area contributed by atoms with Gasteiger partial charge >= 0.3 is 107 Å². The molecule has 12 nitrogen and oxygen atoms in total. The van der Waals surface area contributed by atoms with Gasteiger partial charge in [0.2, 0.25) is 0 Å². The molecule has 0 aliphatic carbocycles. The summed E-state index contributed by atoms with van der Waals surface area (Å²) in [5.74, 6) is 0. The van der Waals surface area contributed by atoms with Gasteiger partial charge < -0.3 is 30.2 Å². The second-order valence-corrected chi connectivity index (χ2v) is 4.55. The summed E-state index contributed by atoms with van der Waals surface area (Å²) in [6, 6.07) is 0. The molecule has 0 heterocycles. The summed E-state index contributed by atoms with van der Waals surface area (Å²) in [5, 5.41) is 0. The zero-order valence-electron chi connectivity index (χ0n) is 12.4. The molecule has 0 saturated carbocycles. The van der Waals surface area contributed by atoms with Crippen LogP contribution in [0.25, 0.3) is 0 Å². The molecule has 0 aromatic rings. The standard InChI is InChI=1S/6FHO2Si.K.H/c6*1-4(2)3;;/h6*2H;;/q;;;;;;+1;-1. The molecule has 0 atom stereocenters. The quantitative estimate of drug-likeness (QED) is 0.0996. The molecule has 25 heteroatoms. The van der Waals surface area contributed by atoms with E-state index >= 15 is 0 Å². The Morgan fingerprint density at radius 3 is 0.400 bits per heavy atom. The van der Waals surface area contributed by atoms with Crippen LogP contribution in [-0.2, 0) is 26.8 Å². The monoisotopic (exact) mass is 520 g/mol. The first-order valence-corrected chi connectivity index (χ1v) is 11.1. The van der Waals surface area contributed by atoms with Crippen LogP contribution < -0.4 is 51.4 Å². The Morgan fingerprint density at radius 2 is 0.400 bits per heavy atom. The topological polar surface area (TPSA) is 224 Å². The minimum atomic E-state index is -3.63. The smallest absolute Gasteiger partial charge is 1.00 e. The van der Waals surface area contributed by atoms with Gasteiger partial charge in [-0.15, -0.1) is 0 Å². The van der Waals surface area contributed by atoms with Crippen LogP contribution >= 0.6 is 0 Å². The van der Waals surface area contributed by atoms with Crippen LogP contribution in [0.4, 0.5) is 24.6 Å². The molecule has 0 unspecified atom stereocenters. The average Bonchev–Trinajstić information content (AvgIpc) is 2.08. The second-order valence-electron chi connectivity index (χ2n) is 1.52. The minimum absolute atomic E-state index is 0. The van der Waals surface area contributed by atoms with Crippen molar-refractivity contribution in [1.82, 2.24) is 0 Å². The van der Waals surface area contributed by atoms with Crippen molar-refractivity contribution in [3.8, 4) is 0 Å². The van der Waals surface area contributed by atoms with Gasteiger partial charge in [-0.05, 0) is 0 Å². The molecular weight excluding hydrogens is 514 g/mol. The van der Waals surface area contributed by atoms with Gasteiger partial charge in [-0.3, -0.25) is 26.8 Å². The molecular formula is H7F6KO12Si6. The third kappa shape index (κ3) is 852000. The van der Waals surface area contributed by atoms with Gasteiger partial charge in [0, 0.05) is 0 Å². The Labute approximate surface area is 187 Å². The molecule has 0 rings (SSSR count).